The molecule has 0 spiro atoms. The van der Waals surface area contributed by atoms with E-state index in [1.54, 1.807) is 54.6 Å². The Bertz CT molecular complexity index is 1190. The minimum absolute atomic E-state index is 0.0494. The highest BCUT2D eigenvalue weighted by molar-refractivity contribution is 14.1. The summed E-state index contributed by atoms with van der Waals surface area (Å²) in [5.74, 6) is -0.241. The third-order valence-electron chi connectivity index (χ3n) is 4.11. The number of anilines is 1. The summed E-state index contributed by atoms with van der Waals surface area (Å²) in [4.78, 5) is 12.5. The first-order valence-corrected chi connectivity index (χ1v) is 11.4. The van der Waals surface area contributed by atoms with Crippen molar-refractivity contribution >= 4 is 74.5 Å². The van der Waals surface area contributed by atoms with Crippen molar-refractivity contribution in [2.75, 3.05) is 5.32 Å². The fourth-order valence-corrected chi connectivity index (χ4v) is 4.96. The fourth-order valence-electron chi connectivity index (χ4n) is 2.65. The lowest BCUT2D eigenvalue weighted by Crippen LogP contribution is -2.13. The molecule has 1 N–H and O–H groups in total. The highest BCUT2D eigenvalue weighted by atomic mass is 127. The Morgan fingerprint density at radius 3 is 2.48 bits per heavy atom. The maximum Gasteiger partial charge on any atom is 0.266 e. The number of carbonyl (C=O) groups excluding carboxylic acids is 1. The van der Waals surface area contributed by atoms with E-state index in [2.05, 4.69) is 50.5 Å². The summed E-state index contributed by atoms with van der Waals surface area (Å²) in [7, 11) is 0. The second-order valence-corrected chi connectivity index (χ2v) is 9.09. The molecule has 0 heterocycles. The lowest BCUT2D eigenvalue weighted by molar-refractivity contribution is -0.112. The van der Waals surface area contributed by atoms with Gasteiger partial charge in [0.15, 0.2) is 0 Å². The number of nitrogens with zero attached hydrogens (tertiary/aromatic N) is 1. The molecule has 1 amide bonds. The van der Waals surface area contributed by atoms with Crippen LogP contribution in [0.25, 0.3) is 6.08 Å². The molecule has 3 aromatic carbocycles. The van der Waals surface area contributed by atoms with Crippen LogP contribution in [0.1, 0.15) is 11.1 Å². The summed E-state index contributed by atoms with van der Waals surface area (Å²) in [6.45, 7) is 0.0966. The van der Waals surface area contributed by atoms with Crippen molar-refractivity contribution in [1.29, 1.82) is 5.26 Å². The molecule has 0 atom stereocenters. The van der Waals surface area contributed by atoms with Gasteiger partial charge in [0.1, 0.15) is 29.8 Å². The molecule has 0 fully saturated rings. The molecule has 0 bridgehead atoms. The molecule has 4 nitrogen and oxygen atoms in total. The lowest BCUT2D eigenvalue weighted by atomic mass is 10.1. The molecule has 0 aliphatic heterocycles. The number of ether oxygens (including phenoxy) is 1. The van der Waals surface area contributed by atoms with Crippen molar-refractivity contribution < 1.29 is 13.9 Å². The zero-order valence-corrected chi connectivity index (χ0v) is 20.9. The van der Waals surface area contributed by atoms with Crippen molar-refractivity contribution in [2.45, 2.75) is 6.61 Å². The van der Waals surface area contributed by atoms with Crippen LogP contribution in [-0.4, -0.2) is 5.91 Å². The number of carbonyl (C=O) groups is 1. The lowest BCUT2D eigenvalue weighted by Gasteiger charge is -2.12. The van der Waals surface area contributed by atoms with Gasteiger partial charge in [-0.25, -0.2) is 4.39 Å². The molecule has 0 radical (unpaired) electrons. The van der Waals surface area contributed by atoms with E-state index in [0.29, 0.717) is 27.6 Å². The molecule has 3 aromatic rings. The van der Waals surface area contributed by atoms with E-state index < -0.39 is 5.91 Å². The van der Waals surface area contributed by atoms with Crippen LogP contribution in [0.2, 0.25) is 5.02 Å². The SMILES string of the molecule is N#C/C(=C\c1cc(I)c(OCc2ccccc2F)c(I)c1)C(=O)Nc1cccc(Cl)c1. The Labute approximate surface area is 211 Å². The van der Waals surface area contributed by atoms with Crippen LogP contribution in [0.3, 0.4) is 0 Å². The van der Waals surface area contributed by atoms with E-state index >= 15 is 0 Å². The Morgan fingerprint density at radius 2 is 1.84 bits per heavy atom. The zero-order chi connectivity index (χ0) is 22.4. The fraction of sp³-hybridized carbons (Fsp3) is 0.0435. The van der Waals surface area contributed by atoms with Crippen LogP contribution in [0, 0.1) is 24.3 Å². The van der Waals surface area contributed by atoms with Gasteiger partial charge < -0.3 is 10.1 Å². The largest absolute Gasteiger partial charge is 0.487 e. The molecule has 0 aromatic heterocycles. The van der Waals surface area contributed by atoms with Crippen molar-refractivity contribution in [1.82, 2.24) is 0 Å². The van der Waals surface area contributed by atoms with Gasteiger partial charge in [-0.05, 0) is 93.2 Å². The highest BCUT2D eigenvalue weighted by Crippen LogP contribution is 2.31. The molecule has 3 rings (SSSR count). The number of nitriles is 1. The number of rotatable bonds is 6. The number of hydrogen-bond donors (Lipinski definition) is 1. The Kier molecular flexibility index (Phi) is 8.28. The summed E-state index contributed by atoms with van der Waals surface area (Å²) in [5.41, 5.74) is 1.58. The van der Waals surface area contributed by atoms with E-state index in [0.717, 1.165) is 7.14 Å². The minimum Gasteiger partial charge on any atom is -0.487 e. The first kappa shape index (κ1) is 23.5. The monoisotopic (exact) mass is 658 g/mol. The summed E-state index contributed by atoms with van der Waals surface area (Å²) < 4.78 is 21.2. The molecule has 0 aliphatic rings. The minimum atomic E-state index is -0.533. The molecule has 156 valence electrons. The second kappa shape index (κ2) is 10.9. The van der Waals surface area contributed by atoms with Gasteiger partial charge >= 0.3 is 0 Å². The van der Waals surface area contributed by atoms with Crippen LogP contribution in [-0.2, 0) is 11.4 Å². The number of halogens is 4. The van der Waals surface area contributed by atoms with Crippen molar-refractivity contribution in [3.63, 3.8) is 0 Å². The number of nitrogens with one attached hydrogen (secondary N) is 1. The van der Waals surface area contributed by atoms with Crippen LogP contribution in [0.4, 0.5) is 10.1 Å². The van der Waals surface area contributed by atoms with Crippen LogP contribution < -0.4 is 10.1 Å². The van der Waals surface area contributed by atoms with E-state index in [1.165, 1.54) is 12.1 Å². The summed E-state index contributed by atoms with van der Waals surface area (Å²) in [6.07, 6.45) is 1.50. The zero-order valence-electron chi connectivity index (χ0n) is 15.8. The normalized spacial score (nSPS) is 11.0. The average Bonchev–Trinajstić information content (AvgIpc) is 2.72. The molecular formula is C23H14ClFI2N2O2. The highest BCUT2D eigenvalue weighted by Gasteiger charge is 2.13. The maximum atomic E-state index is 13.8. The summed E-state index contributed by atoms with van der Waals surface area (Å²) >= 11 is 10.2. The van der Waals surface area contributed by atoms with E-state index in [1.807, 2.05) is 6.07 Å². The van der Waals surface area contributed by atoms with Crippen molar-refractivity contribution in [2.24, 2.45) is 0 Å². The molecule has 0 saturated heterocycles. The predicted molar refractivity (Wildman–Crippen MR) is 136 cm³/mol. The van der Waals surface area contributed by atoms with Crippen molar-refractivity contribution in [3.05, 3.63) is 95.3 Å². The van der Waals surface area contributed by atoms with Gasteiger partial charge in [0.25, 0.3) is 5.91 Å². The molecular weight excluding hydrogens is 645 g/mol. The van der Waals surface area contributed by atoms with Crippen molar-refractivity contribution in [3.8, 4) is 11.8 Å². The predicted octanol–water partition coefficient (Wildman–Crippen LogP) is 6.81. The van der Waals surface area contributed by atoms with E-state index in [9.17, 15) is 14.4 Å². The molecule has 8 heteroatoms. The Morgan fingerprint density at radius 1 is 1.13 bits per heavy atom. The van der Waals surface area contributed by atoms with Gasteiger partial charge in [0.05, 0.1) is 7.14 Å². The van der Waals surface area contributed by atoms with Gasteiger partial charge in [-0.15, -0.1) is 0 Å². The van der Waals surface area contributed by atoms with Gasteiger partial charge in [-0.2, -0.15) is 5.26 Å². The summed E-state index contributed by atoms with van der Waals surface area (Å²) in [5, 5.41) is 12.6. The molecule has 0 aliphatic carbocycles. The maximum absolute atomic E-state index is 13.8. The molecule has 31 heavy (non-hydrogen) atoms. The summed E-state index contributed by atoms with van der Waals surface area (Å²) in [6, 6.07) is 18.6. The van der Waals surface area contributed by atoms with Gasteiger partial charge in [-0.3, -0.25) is 4.79 Å². The number of hydrogen-bond acceptors (Lipinski definition) is 3. The van der Waals surface area contributed by atoms with Crippen LogP contribution >= 0.6 is 56.8 Å². The average molecular weight is 659 g/mol. The van der Waals surface area contributed by atoms with E-state index in [4.69, 9.17) is 16.3 Å². The second-order valence-electron chi connectivity index (χ2n) is 6.33. The third kappa shape index (κ3) is 6.41. The smallest absolute Gasteiger partial charge is 0.266 e. The standard InChI is InChI=1S/C23H14ClFI2N2O2/c24-17-5-3-6-18(11-17)29-23(30)16(12-28)8-14-9-20(26)22(21(27)10-14)31-13-15-4-1-2-7-19(15)25/h1-11H,13H2,(H,29,30)/b16-8+. The first-order valence-electron chi connectivity index (χ1n) is 8.91. The van der Waals surface area contributed by atoms with Crippen LogP contribution in [0.5, 0.6) is 5.75 Å². The topological polar surface area (TPSA) is 62.1 Å². The quantitative estimate of drug-likeness (QED) is 0.180. The first-order chi connectivity index (χ1) is 14.9. The molecule has 0 saturated carbocycles. The third-order valence-corrected chi connectivity index (χ3v) is 5.95. The van der Waals surface area contributed by atoms with Gasteiger partial charge in [0.2, 0.25) is 0 Å². The van der Waals surface area contributed by atoms with Gasteiger partial charge in [-0.1, -0.05) is 35.9 Å². The molecule has 0 unspecified atom stereocenters. The Balaban J connectivity index is 1.78. The number of benzene rings is 3. The van der Waals surface area contributed by atoms with E-state index in [-0.39, 0.29) is 18.0 Å². The Hall–Kier alpha value is -2.16. The number of amides is 1. The van der Waals surface area contributed by atoms with Gasteiger partial charge in [0, 0.05) is 16.3 Å². The van der Waals surface area contributed by atoms with Crippen LogP contribution in [0.15, 0.2) is 66.2 Å².